The van der Waals surface area contributed by atoms with Crippen LogP contribution in [0.2, 0.25) is 0 Å². The molecule has 2 aromatic carbocycles. The molecule has 184 valence electrons. The van der Waals surface area contributed by atoms with E-state index < -0.39 is 29.6 Å². The highest BCUT2D eigenvalue weighted by atomic mass is 32.2. The van der Waals surface area contributed by atoms with Crippen LogP contribution >= 0.6 is 11.8 Å². The number of nitrogens with one attached hydrogen (secondary N) is 1. The van der Waals surface area contributed by atoms with Gasteiger partial charge in [-0.05, 0) is 66.6 Å². The van der Waals surface area contributed by atoms with Crippen LogP contribution in [-0.2, 0) is 25.5 Å². The van der Waals surface area contributed by atoms with Gasteiger partial charge in [0.15, 0.2) is 18.1 Å². The molecular formula is C25H26N2O7S. The monoisotopic (exact) mass is 498 g/mol. The van der Waals surface area contributed by atoms with Gasteiger partial charge in [-0.25, -0.2) is 4.79 Å². The lowest BCUT2D eigenvalue weighted by Gasteiger charge is -2.13. The van der Waals surface area contributed by atoms with Gasteiger partial charge in [-0.1, -0.05) is 25.1 Å². The Morgan fingerprint density at radius 1 is 1.06 bits per heavy atom. The molecule has 0 atom stereocenters. The molecule has 1 aliphatic heterocycles. The second-order valence-electron chi connectivity index (χ2n) is 7.37. The van der Waals surface area contributed by atoms with Gasteiger partial charge in [-0.3, -0.25) is 19.3 Å². The van der Waals surface area contributed by atoms with Gasteiger partial charge in [0.05, 0.1) is 18.6 Å². The van der Waals surface area contributed by atoms with Crippen molar-refractivity contribution in [3.8, 4) is 11.5 Å². The SMILES string of the molecule is CCOC(=O)COc1cc(/C=C2\SC(=O)N(CC(=O)Nc3ccc(CC)cc3)C2=O)ccc1OC. The van der Waals surface area contributed by atoms with E-state index in [-0.39, 0.29) is 23.9 Å². The van der Waals surface area contributed by atoms with Crippen molar-refractivity contribution < 1.29 is 33.4 Å². The molecule has 35 heavy (non-hydrogen) atoms. The van der Waals surface area contributed by atoms with Gasteiger partial charge in [0.2, 0.25) is 5.91 Å². The van der Waals surface area contributed by atoms with E-state index in [0.717, 1.165) is 28.6 Å². The summed E-state index contributed by atoms with van der Waals surface area (Å²) in [6.07, 6.45) is 2.40. The number of amides is 3. The predicted octanol–water partition coefficient (Wildman–Crippen LogP) is 3.87. The van der Waals surface area contributed by atoms with Gasteiger partial charge in [0.1, 0.15) is 6.54 Å². The number of carbonyl (C=O) groups is 4. The number of hydrogen-bond donors (Lipinski definition) is 1. The Bertz CT molecular complexity index is 1150. The van der Waals surface area contributed by atoms with Crippen LogP contribution in [0.15, 0.2) is 47.4 Å². The third kappa shape index (κ3) is 6.86. The molecular weight excluding hydrogens is 472 g/mol. The lowest BCUT2D eigenvalue weighted by Crippen LogP contribution is -2.36. The standard InChI is InChI=1S/C25H26N2O7S/c1-4-16-6-9-18(10-7-16)26-22(28)14-27-24(30)21(35-25(27)31)13-17-8-11-19(32-3)20(12-17)34-15-23(29)33-5-2/h6-13H,4-5,14-15H2,1-3H3,(H,26,28)/b21-13-. The number of hydrogen-bond acceptors (Lipinski definition) is 8. The minimum Gasteiger partial charge on any atom is -0.493 e. The highest BCUT2D eigenvalue weighted by molar-refractivity contribution is 8.18. The first-order valence-electron chi connectivity index (χ1n) is 10.9. The van der Waals surface area contributed by atoms with Gasteiger partial charge in [0.25, 0.3) is 11.1 Å². The minimum absolute atomic E-state index is 0.164. The maximum absolute atomic E-state index is 12.8. The van der Waals surface area contributed by atoms with E-state index in [9.17, 15) is 19.2 Å². The van der Waals surface area contributed by atoms with Crippen molar-refractivity contribution in [3.05, 3.63) is 58.5 Å². The molecule has 0 saturated carbocycles. The molecule has 1 fully saturated rings. The van der Waals surface area contributed by atoms with E-state index >= 15 is 0 Å². The normalized spacial score (nSPS) is 14.3. The number of ether oxygens (including phenoxy) is 3. The van der Waals surface area contributed by atoms with E-state index in [2.05, 4.69) is 5.32 Å². The van der Waals surface area contributed by atoms with E-state index in [1.807, 2.05) is 19.1 Å². The van der Waals surface area contributed by atoms with E-state index in [0.29, 0.717) is 17.0 Å². The topological polar surface area (TPSA) is 111 Å². The van der Waals surface area contributed by atoms with Crippen LogP contribution in [0.1, 0.15) is 25.0 Å². The van der Waals surface area contributed by atoms with Gasteiger partial charge < -0.3 is 19.5 Å². The van der Waals surface area contributed by atoms with Crippen LogP contribution in [0.3, 0.4) is 0 Å². The van der Waals surface area contributed by atoms with Crippen LogP contribution in [0, 0.1) is 0 Å². The number of anilines is 1. The number of carbonyl (C=O) groups excluding carboxylic acids is 4. The second-order valence-corrected chi connectivity index (χ2v) is 8.36. The second kappa shape index (κ2) is 12.1. The van der Waals surface area contributed by atoms with Crippen molar-refractivity contribution in [1.82, 2.24) is 4.90 Å². The molecule has 1 heterocycles. The molecule has 10 heteroatoms. The number of nitrogens with zero attached hydrogens (tertiary/aromatic N) is 1. The molecule has 1 aliphatic rings. The molecule has 0 radical (unpaired) electrons. The third-order valence-corrected chi connectivity index (χ3v) is 5.86. The number of thioether (sulfide) groups is 1. The fourth-order valence-electron chi connectivity index (χ4n) is 3.19. The van der Waals surface area contributed by atoms with E-state index in [1.165, 1.54) is 13.2 Å². The maximum atomic E-state index is 12.8. The Labute approximate surface area is 207 Å². The first-order chi connectivity index (χ1) is 16.8. The lowest BCUT2D eigenvalue weighted by atomic mass is 10.1. The average Bonchev–Trinajstić information content (AvgIpc) is 3.10. The summed E-state index contributed by atoms with van der Waals surface area (Å²) in [6.45, 7) is 3.26. The summed E-state index contributed by atoms with van der Waals surface area (Å²) in [5.41, 5.74) is 2.27. The zero-order valence-corrected chi connectivity index (χ0v) is 20.5. The zero-order valence-electron chi connectivity index (χ0n) is 19.7. The van der Waals surface area contributed by atoms with Crippen LogP contribution in [-0.4, -0.2) is 54.8 Å². The Morgan fingerprint density at radius 3 is 2.46 bits per heavy atom. The predicted molar refractivity (Wildman–Crippen MR) is 132 cm³/mol. The summed E-state index contributed by atoms with van der Waals surface area (Å²) in [6, 6.07) is 12.2. The lowest BCUT2D eigenvalue weighted by molar-refractivity contribution is -0.145. The maximum Gasteiger partial charge on any atom is 0.344 e. The molecule has 3 rings (SSSR count). The van der Waals surface area contributed by atoms with Gasteiger partial charge in [-0.2, -0.15) is 0 Å². The fourth-order valence-corrected chi connectivity index (χ4v) is 4.03. The van der Waals surface area contributed by atoms with Gasteiger partial charge in [0, 0.05) is 5.69 Å². The van der Waals surface area contributed by atoms with Crippen molar-refractivity contribution >= 4 is 46.5 Å². The molecule has 1 N–H and O–H groups in total. The first kappa shape index (κ1) is 25.8. The number of imide groups is 1. The number of rotatable bonds is 10. The number of aryl methyl sites for hydroxylation is 1. The highest BCUT2D eigenvalue weighted by Gasteiger charge is 2.36. The minimum atomic E-state index is -0.568. The molecule has 0 aromatic heterocycles. The zero-order chi connectivity index (χ0) is 25.4. The number of esters is 1. The molecule has 0 spiro atoms. The molecule has 1 saturated heterocycles. The largest absolute Gasteiger partial charge is 0.493 e. The molecule has 2 aromatic rings. The quantitative estimate of drug-likeness (QED) is 0.388. The summed E-state index contributed by atoms with van der Waals surface area (Å²) < 4.78 is 15.6. The van der Waals surface area contributed by atoms with E-state index in [1.54, 1.807) is 37.3 Å². The molecule has 3 amide bonds. The van der Waals surface area contributed by atoms with Gasteiger partial charge in [-0.15, -0.1) is 0 Å². The molecule has 0 aliphatic carbocycles. The van der Waals surface area contributed by atoms with Crippen molar-refractivity contribution in [3.63, 3.8) is 0 Å². The van der Waals surface area contributed by atoms with Crippen molar-refractivity contribution in [2.24, 2.45) is 0 Å². The van der Waals surface area contributed by atoms with Crippen molar-refractivity contribution in [1.29, 1.82) is 0 Å². The summed E-state index contributed by atoms with van der Waals surface area (Å²) in [5, 5.41) is 2.16. The summed E-state index contributed by atoms with van der Waals surface area (Å²) in [5.74, 6) is -0.899. The van der Waals surface area contributed by atoms with Crippen LogP contribution in [0.5, 0.6) is 11.5 Å². The number of methoxy groups -OCH3 is 1. The fraction of sp³-hybridized carbons (Fsp3) is 0.280. The summed E-state index contributed by atoms with van der Waals surface area (Å²) in [4.78, 5) is 50.3. The Morgan fingerprint density at radius 2 is 1.80 bits per heavy atom. The van der Waals surface area contributed by atoms with Gasteiger partial charge >= 0.3 is 5.97 Å². The first-order valence-corrected chi connectivity index (χ1v) is 11.8. The van der Waals surface area contributed by atoms with Crippen molar-refractivity contribution in [2.75, 3.05) is 32.2 Å². The Hall–Kier alpha value is -3.79. The summed E-state index contributed by atoms with van der Waals surface area (Å²) in [7, 11) is 1.46. The Kier molecular flexibility index (Phi) is 8.91. The smallest absolute Gasteiger partial charge is 0.344 e. The van der Waals surface area contributed by atoms with Crippen LogP contribution < -0.4 is 14.8 Å². The highest BCUT2D eigenvalue weighted by Crippen LogP contribution is 2.34. The molecule has 0 unspecified atom stereocenters. The van der Waals surface area contributed by atoms with Crippen LogP contribution in [0.4, 0.5) is 10.5 Å². The third-order valence-electron chi connectivity index (χ3n) is 4.96. The number of benzene rings is 2. The average molecular weight is 499 g/mol. The van der Waals surface area contributed by atoms with E-state index in [4.69, 9.17) is 14.2 Å². The summed E-state index contributed by atoms with van der Waals surface area (Å²) >= 11 is 0.743. The van der Waals surface area contributed by atoms with Crippen LogP contribution in [0.25, 0.3) is 6.08 Å². The Balaban J connectivity index is 1.68. The van der Waals surface area contributed by atoms with Crippen molar-refractivity contribution in [2.45, 2.75) is 20.3 Å². The molecule has 0 bridgehead atoms. The molecule has 9 nitrogen and oxygen atoms in total.